The Morgan fingerprint density at radius 1 is 1.21 bits per heavy atom. The number of rotatable bonds is 5. The maximum atomic E-state index is 10.3. The molecule has 8 heteroatoms. The van der Waals surface area contributed by atoms with Crippen molar-refractivity contribution in [3.8, 4) is 0 Å². The number of aliphatic hydroxyl groups excluding tert-OH is 3. The molecule has 6 N–H and O–H groups in total. The quantitative estimate of drug-likeness (QED) is 0.274. The molecule has 0 aliphatic heterocycles. The summed E-state index contributed by atoms with van der Waals surface area (Å²) in [6.07, 6.45) is -5.02. The largest absolute Gasteiger partial charge is 0.479 e. The summed E-state index contributed by atoms with van der Waals surface area (Å²) in [4.78, 5) is 20.5. The van der Waals surface area contributed by atoms with Gasteiger partial charge in [0.2, 0.25) is 5.60 Å². The fourth-order valence-electron chi connectivity index (χ4n) is 0.684. The van der Waals surface area contributed by atoms with Gasteiger partial charge in [-0.05, 0) is 0 Å². The van der Waals surface area contributed by atoms with Gasteiger partial charge in [-0.3, -0.25) is 0 Å². The van der Waals surface area contributed by atoms with Crippen LogP contribution in [0.25, 0.3) is 0 Å². The molecule has 0 heterocycles. The van der Waals surface area contributed by atoms with Crippen LogP contribution in [0.4, 0.5) is 0 Å². The average molecular weight is 210 g/mol. The summed E-state index contributed by atoms with van der Waals surface area (Å²) in [6, 6.07) is 0. The Bertz CT molecular complexity index is 238. The minimum atomic E-state index is -3.10. The third kappa shape index (κ3) is 2.17. The van der Waals surface area contributed by atoms with Crippen LogP contribution in [-0.4, -0.2) is 67.0 Å². The Labute approximate surface area is 77.7 Å². The van der Waals surface area contributed by atoms with Gasteiger partial charge < -0.3 is 30.6 Å². The number of carbonyl (C=O) groups is 2. The van der Waals surface area contributed by atoms with Gasteiger partial charge in [0.05, 0.1) is 6.61 Å². The van der Waals surface area contributed by atoms with E-state index in [4.69, 9.17) is 30.6 Å². The molecule has 0 radical (unpaired) electrons. The van der Waals surface area contributed by atoms with Crippen molar-refractivity contribution in [2.75, 3.05) is 6.61 Å². The maximum Gasteiger partial charge on any atom is 0.341 e. The molecule has 0 aromatic carbocycles. The lowest BCUT2D eigenvalue weighted by Crippen LogP contribution is -2.58. The molecule has 14 heavy (non-hydrogen) atoms. The fourth-order valence-corrected chi connectivity index (χ4v) is 0.684. The van der Waals surface area contributed by atoms with Crippen molar-refractivity contribution in [2.24, 2.45) is 0 Å². The molecule has 0 aromatic heterocycles. The predicted octanol–water partition coefficient (Wildman–Crippen LogP) is -3.40. The van der Waals surface area contributed by atoms with Gasteiger partial charge in [0, 0.05) is 0 Å². The van der Waals surface area contributed by atoms with Crippen LogP contribution in [0.5, 0.6) is 0 Å². The maximum absolute atomic E-state index is 10.3. The van der Waals surface area contributed by atoms with Gasteiger partial charge in [0.25, 0.3) is 0 Å². The number of hydrogen-bond donors (Lipinski definition) is 6. The molecule has 82 valence electrons. The summed E-state index contributed by atoms with van der Waals surface area (Å²) < 4.78 is 0. The highest BCUT2D eigenvalue weighted by Gasteiger charge is 2.48. The summed E-state index contributed by atoms with van der Waals surface area (Å²) in [5.74, 6) is -3.95. The molecule has 0 saturated carbocycles. The van der Waals surface area contributed by atoms with E-state index in [1.54, 1.807) is 0 Å². The first-order valence-corrected chi connectivity index (χ1v) is 3.43. The first-order chi connectivity index (χ1) is 6.27. The molecule has 3 atom stereocenters. The van der Waals surface area contributed by atoms with E-state index in [0.717, 1.165) is 0 Å². The standard InChI is InChI=1S/C6H10O8/c7-1-6(14,5(12)13)3(9)2(8)4(10)11/h2-3,7-9,14H,1H2,(H,10,11)(H,12,13). The molecule has 0 spiro atoms. The van der Waals surface area contributed by atoms with E-state index in [2.05, 4.69) is 0 Å². The molecule has 8 nitrogen and oxygen atoms in total. The third-order valence-electron chi connectivity index (χ3n) is 1.65. The van der Waals surface area contributed by atoms with Crippen LogP contribution in [0.1, 0.15) is 0 Å². The van der Waals surface area contributed by atoms with Crippen molar-refractivity contribution in [3.05, 3.63) is 0 Å². The van der Waals surface area contributed by atoms with Crippen LogP contribution in [0, 0.1) is 0 Å². The van der Waals surface area contributed by atoms with Gasteiger partial charge in [0.1, 0.15) is 6.10 Å². The van der Waals surface area contributed by atoms with Crippen LogP contribution in [-0.2, 0) is 9.59 Å². The third-order valence-corrected chi connectivity index (χ3v) is 1.65. The minimum Gasteiger partial charge on any atom is -0.479 e. The van der Waals surface area contributed by atoms with E-state index < -0.39 is 36.4 Å². The van der Waals surface area contributed by atoms with E-state index >= 15 is 0 Å². The monoisotopic (exact) mass is 210 g/mol. The summed E-state index contributed by atoms with van der Waals surface area (Å²) >= 11 is 0. The lowest BCUT2D eigenvalue weighted by Gasteiger charge is -2.27. The molecule has 0 rings (SSSR count). The van der Waals surface area contributed by atoms with Gasteiger partial charge in [-0.1, -0.05) is 0 Å². The molecule has 0 aliphatic rings. The van der Waals surface area contributed by atoms with E-state index in [0.29, 0.717) is 0 Å². The van der Waals surface area contributed by atoms with Crippen molar-refractivity contribution >= 4 is 11.9 Å². The molecular formula is C6H10O8. The Morgan fingerprint density at radius 3 is 1.86 bits per heavy atom. The molecule has 0 saturated heterocycles. The number of aliphatic carboxylic acids is 2. The molecule has 0 bridgehead atoms. The normalized spacial score (nSPS) is 19.4. The number of aliphatic hydroxyl groups is 4. The van der Waals surface area contributed by atoms with E-state index in [1.807, 2.05) is 0 Å². The average Bonchev–Trinajstić information content (AvgIpc) is 2.13. The van der Waals surface area contributed by atoms with Crippen LogP contribution >= 0.6 is 0 Å². The van der Waals surface area contributed by atoms with E-state index in [9.17, 15) is 9.59 Å². The first-order valence-electron chi connectivity index (χ1n) is 3.43. The molecule has 0 amide bonds. The highest BCUT2D eigenvalue weighted by molar-refractivity contribution is 5.81. The molecule has 3 unspecified atom stereocenters. The predicted molar refractivity (Wildman–Crippen MR) is 39.3 cm³/mol. The van der Waals surface area contributed by atoms with Crippen LogP contribution in [0.2, 0.25) is 0 Å². The number of carboxylic acid groups (broad SMARTS) is 2. The number of carboxylic acids is 2. The lowest BCUT2D eigenvalue weighted by atomic mass is 9.93. The van der Waals surface area contributed by atoms with Crippen molar-refractivity contribution < 1.29 is 40.2 Å². The Morgan fingerprint density at radius 2 is 1.64 bits per heavy atom. The lowest BCUT2D eigenvalue weighted by molar-refractivity contribution is -0.194. The Hall–Kier alpha value is -1.22. The second kappa shape index (κ2) is 4.33. The van der Waals surface area contributed by atoms with Gasteiger partial charge in [-0.2, -0.15) is 0 Å². The molecule has 0 aromatic rings. The van der Waals surface area contributed by atoms with Gasteiger partial charge in [-0.25, -0.2) is 9.59 Å². The van der Waals surface area contributed by atoms with E-state index in [1.165, 1.54) is 0 Å². The van der Waals surface area contributed by atoms with Crippen LogP contribution < -0.4 is 0 Å². The number of hydrogen-bond acceptors (Lipinski definition) is 6. The highest BCUT2D eigenvalue weighted by atomic mass is 16.5. The Balaban J connectivity index is 4.87. The summed E-state index contributed by atoms with van der Waals surface area (Å²) in [5.41, 5.74) is -3.10. The van der Waals surface area contributed by atoms with Gasteiger partial charge in [-0.15, -0.1) is 0 Å². The summed E-state index contributed by atoms with van der Waals surface area (Å²) in [5, 5.41) is 51.8. The summed E-state index contributed by atoms with van der Waals surface area (Å²) in [7, 11) is 0. The zero-order valence-corrected chi connectivity index (χ0v) is 6.86. The van der Waals surface area contributed by atoms with Crippen LogP contribution in [0.15, 0.2) is 0 Å². The molecule has 0 fully saturated rings. The van der Waals surface area contributed by atoms with Crippen molar-refractivity contribution in [1.82, 2.24) is 0 Å². The molecule has 0 aliphatic carbocycles. The topological polar surface area (TPSA) is 156 Å². The van der Waals surface area contributed by atoms with Gasteiger partial charge in [0.15, 0.2) is 6.10 Å². The molecular weight excluding hydrogens is 200 g/mol. The second-order valence-electron chi connectivity index (χ2n) is 2.62. The van der Waals surface area contributed by atoms with Crippen molar-refractivity contribution in [2.45, 2.75) is 17.8 Å². The van der Waals surface area contributed by atoms with Crippen molar-refractivity contribution in [1.29, 1.82) is 0 Å². The SMILES string of the molecule is O=C(O)C(O)C(O)C(O)(CO)C(=O)O. The fraction of sp³-hybridized carbons (Fsp3) is 0.667. The zero-order valence-electron chi connectivity index (χ0n) is 6.86. The first kappa shape index (κ1) is 12.8. The zero-order chi connectivity index (χ0) is 11.5. The van der Waals surface area contributed by atoms with Gasteiger partial charge >= 0.3 is 11.9 Å². The summed E-state index contributed by atoms with van der Waals surface area (Å²) in [6.45, 7) is -1.42. The Kier molecular flexibility index (Phi) is 3.95. The van der Waals surface area contributed by atoms with E-state index in [-0.39, 0.29) is 0 Å². The minimum absolute atomic E-state index is 1.42. The highest BCUT2D eigenvalue weighted by Crippen LogP contribution is 2.14. The smallest absolute Gasteiger partial charge is 0.341 e. The van der Waals surface area contributed by atoms with Crippen molar-refractivity contribution in [3.63, 3.8) is 0 Å². The van der Waals surface area contributed by atoms with Crippen LogP contribution in [0.3, 0.4) is 0 Å². The second-order valence-corrected chi connectivity index (χ2v) is 2.62.